The number of nitrogens with zero attached hydrogens (tertiary/aromatic N) is 3. The third-order valence-corrected chi connectivity index (χ3v) is 4.63. The summed E-state index contributed by atoms with van der Waals surface area (Å²) in [5.41, 5.74) is 0.251. The minimum atomic E-state index is 0.251. The Bertz CT molecular complexity index is 402. The number of thioether (sulfide) groups is 1. The van der Waals surface area contributed by atoms with Gasteiger partial charge in [-0.2, -0.15) is 0 Å². The second-order valence-electron chi connectivity index (χ2n) is 5.33. The highest BCUT2D eigenvalue weighted by atomic mass is 32.2. The molecule has 1 fully saturated rings. The van der Waals surface area contributed by atoms with Crippen LogP contribution in [-0.2, 0) is 6.54 Å². The molecule has 1 unspecified atom stereocenters. The Labute approximate surface area is 120 Å². The first-order valence-electron chi connectivity index (χ1n) is 7.13. The summed E-state index contributed by atoms with van der Waals surface area (Å²) in [7, 11) is 0. The summed E-state index contributed by atoms with van der Waals surface area (Å²) in [5, 5.41) is 4.72. The number of aliphatic imine (C=N–C) groups is 1. The largest absolute Gasteiger partial charge is 0.360 e. The average Bonchev–Trinajstić information content (AvgIpc) is 2.92. The fourth-order valence-electron chi connectivity index (χ4n) is 2.09. The lowest BCUT2D eigenvalue weighted by Crippen LogP contribution is -2.48. The molecule has 0 spiro atoms. The van der Waals surface area contributed by atoms with E-state index in [2.05, 4.69) is 33.7 Å². The van der Waals surface area contributed by atoms with Gasteiger partial charge >= 0.3 is 0 Å². The van der Waals surface area contributed by atoms with Gasteiger partial charge in [0, 0.05) is 36.8 Å². The molecule has 1 aromatic heterocycles. The normalized spacial score (nSPS) is 25.5. The first-order chi connectivity index (χ1) is 9.22. The van der Waals surface area contributed by atoms with Crippen LogP contribution in [0, 0.1) is 0 Å². The Balaban J connectivity index is 1.67. The molecule has 0 aromatic carbocycles. The molecule has 1 aliphatic rings. The van der Waals surface area contributed by atoms with Crippen LogP contribution in [0.15, 0.2) is 23.7 Å². The van der Waals surface area contributed by atoms with Crippen molar-refractivity contribution in [3.8, 4) is 0 Å². The number of aryl methyl sites for hydroxylation is 1. The van der Waals surface area contributed by atoms with E-state index in [0.29, 0.717) is 0 Å². The van der Waals surface area contributed by atoms with Gasteiger partial charge in [0.2, 0.25) is 0 Å². The lowest BCUT2D eigenvalue weighted by molar-refractivity contribution is 0.390. The van der Waals surface area contributed by atoms with Gasteiger partial charge in [-0.25, -0.2) is 4.98 Å². The van der Waals surface area contributed by atoms with Crippen molar-refractivity contribution >= 4 is 16.9 Å². The van der Waals surface area contributed by atoms with Crippen molar-refractivity contribution in [1.29, 1.82) is 0 Å². The van der Waals surface area contributed by atoms with Gasteiger partial charge in [-0.3, -0.25) is 4.99 Å². The van der Waals surface area contributed by atoms with Crippen molar-refractivity contribution in [2.75, 3.05) is 12.3 Å². The zero-order valence-electron chi connectivity index (χ0n) is 11.9. The van der Waals surface area contributed by atoms with Gasteiger partial charge in [0.1, 0.15) is 0 Å². The molecule has 1 aromatic rings. The first-order valence-corrected chi connectivity index (χ1v) is 8.11. The predicted molar refractivity (Wildman–Crippen MR) is 82.7 cm³/mol. The van der Waals surface area contributed by atoms with Gasteiger partial charge in [-0.15, -0.1) is 0 Å². The summed E-state index contributed by atoms with van der Waals surface area (Å²) >= 11 is 1.86. The van der Waals surface area contributed by atoms with Gasteiger partial charge in [0.25, 0.3) is 0 Å². The molecule has 19 heavy (non-hydrogen) atoms. The summed E-state index contributed by atoms with van der Waals surface area (Å²) < 4.78 is 2.12. The van der Waals surface area contributed by atoms with E-state index in [0.717, 1.165) is 37.5 Å². The quantitative estimate of drug-likeness (QED) is 0.815. The predicted octanol–water partition coefficient (Wildman–Crippen LogP) is 2.91. The van der Waals surface area contributed by atoms with Crippen LogP contribution in [0.3, 0.4) is 0 Å². The maximum atomic E-state index is 4.69. The Morgan fingerprint density at radius 2 is 2.42 bits per heavy atom. The van der Waals surface area contributed by atoms with Crippen LogP contribution < -0.4 is 5.32 Å². The highest BCUT2D eigenvalue weighted by molar-refractivity contribution is 8.13. The molecule has 0 saturated carbocycles. The molecular weight excluding hydrogens is 256 g/mol. The van der Waals surface area contributed by atoms with E-state index in [4.69, 9.17) is 0 Å². The minimum absolute atomic E-state index is 0.251. The Morgan fingerprint density at radius 3 is 3.16 bits per heavy atom. The monoisotopic (exact) mass is 280 g/mol. The van der Waals surface area contributed by atoms with E-state index < -0.39 is 0 Å². The number of amidine groups is 1. The molecule has 0 amide bonds. The summed E-state index contributed by atoms with van der Waals surface area (Å²) in [5.74, 6) is 1.19. The smallest absolute Gasteiger partial charge is 0.156 e. The van der Waals surface area contributed by atoms with Crippen LogP contribution in [0.2, 0.25) is 0 Å². The number of imidazole rings is 1. The number of hydrogen-bond acceptors (Lipinski definition) is 3. The summed E-state index contributed by atoms with van der Waals surface area (Å²) in [4.78, 5) is 8.73. The van der Waals surface area contributed by atoms with Crippen molar-refractivity contribution in [3.63, 3.8) is 0 Å². The minimum Gasteiger partial charge on any atom is -0.360 e. The molecule has 2 heterocycles. The van der Waals surface area contributed by atoms with Crippen molar-refractivity contribution in [3.05, 3.63) is 18.7 Å². The molecule has 1 saturated heterocycles. The van der Waals surface area contributed by atoms with Crippen molar-refractivity contribution in [2.45, 2.75) is 51.6 Å². The highest BCUT2D eigenvalue weighted by Crippen LogP contribution is 2.24. The second kappa shape index (κ2) is 6.98. The molecule has 0 bridgehead atoms. The molecule has 2 rings (SSSR count). The number of rotatable bonds is 6. The molecular formula is C14H24N4S. The fraction of sp³-hybridized carbons (Fsp3) is 0.714. The Morgan fingerprint density at radius 1 is 1.53 bits per heavy atom. The van der Waals surface area contributed by atoms with Gasteiger partial charge in [-0.1, -0.05) is 18.7 Å². The fourth-order valence-corrected chi connectivity index (χ4v) is 3.33. The van der Waals surface area contributed by atoms with Crippen LogP contribution in [0.25, 0.3) is 0 Å². The summed E-state index contributed by atoms with van der Waals surface area (Å²) in [6.07, 6.45) is 10.4. The van der Waals surface area contributed by atoms with Gasteiger partial charge in [0.15, 0.2) is 5.17 Å². The van der Waals surface area contributed by atoms with Crippen LogP contribution in [0.4, 0.5) is 0 Å². The number of unbranched alkanes of at least 4 members (excludes halogenated alkanes) is 1. The first kappa shape index (κ1) is 14.4. The van der Waals surface area contributed by atoms with Gasteiger partial charge in [0.05, 0.1) is 6.33 Å². The zero-order valence-corrected chi connectivity index (χ0v) is 12.7. The van der Waals surface area contributed by atoms with Crippen LogP contribution in [-0.4, -0.2) is 32.6 Å². The molecule has 4 nitrogen and oxygen atoms in total. The molecule has 1 atom stereocenters. The van der Waals surface area contributed by atoms with E-state index in [1.54, 1.807) is 0 Å². The zero-order chi connectivity index (χ0) is 13.6. The number of hydrogen-bond donors (Lipinski definition) is 1. The van der Waals surface area contributed by atoms with Crippen molar-refractivity contribution in [2.24, 2.45) is 4.99 Å². The summed E-state index contributed by atoms with van der Waals surface area (Å²) in [6.45, 7) is 6.49. The standard InChI is InChI=1S/C14H24N4S/c1-3-14(2)6-11-19-13(17-14)16-7-4-5-9-18-10-8-15-12-18/h8,10,12H,3-7,9,11H2,1-2H3,(H,16,17). The molecule has 106 valence electrons. The van der Waals surface area contributed by atoms with E-state index in [1.165, 1.54) is 12.2 Å². The molecule has 5 heteroatoms. The lowest BCUT2D eigenvalue weighted by atomic mass is 9.96. The topological polar surface area (TPSA) is 42.2 Å². The highest BCUT2D eigenvalue weighted by Gasteiger charge is 2.27. The Kier molecular flexibility index (Phi) is 5.31. The van der Waals surface area contributed by atoms with E-state index in [1.807, 2.05) is 30.5 Å². The van der Waals surface area contributed by atoms with E-state index >= 15 is 0 Å². The third-order valence-electron chi connectivity index (χ3n) is 3.72. The maximum absolute atomic E-state index is 4.69. The number of aromatic nitrogens is 2. The van der Waals surface area contributed by atoms with Crippen LogP contribution in [0.5, 0.6) is 0 Å². The van der Waals surface area contributed by atoms with Crippen LogP contribution >= 0.6 is 11.8 Å². The Hall–Kier alpha value is -0.970. The number of nitrogens with one attached hydrogen (secondary N) is 1. The molecule has 0 aliphatic carbocycles. The second-order valence-corrected chi connectivity index (χ2v) is 6.42. The molecule has 1 N–H and O–H groups in total. The summed E-state index contributed by atoms with van der Waals surface area (Å²) in [6, 6.07) is 0. The van der Waals surface area contributed by atoms with Crippen molar-refractivity contribution in [1.82, 2.24) is 14.9 Å². The molecule has 1 aliphatic heterocycles. The SMILES string of the molecule is CCC1(C)CCSC(=NCCCCn2ccnc2)N1. The van der Waals surface area contributed by atoms with E-state index in [-0.39, 0.29) is 5.54 Å². The molecule has 0 radical (unpaired) electrons. The maximum Gasteiger partial charge on any atom is 0.156 e. The van der Waals surface area contributed by atoms with Crippen molar-refractivity contribution < 1.29 is 0 Å². The van der Waals surface area contributed by atoms with Crippen LogP contribution in [0.1, 0.15) is 39.5 Å². The third kappa shape index (κ3) is 4.56. The van der Waals surface area contributed by atoms with E-state index in [9.17, 15) is 0 Å². The lowest BCUT2D eigenvalue weighted by Gasteiger charge is -2.35. The van der Waals surface area contributed by atoms with Gasteiger partial charge in [-0.05, 0) is 32.6 Å². The average molecular weight is 280 g/mol. The van der Waals surface area contributed by atoms with Gasteiger partial charge < -0.3 is 9.88 Å².